The first-order valence-electron chi connectivity index (χ1n) is 4.96. The third-order valence-corrected chi connectivity index (χ3v) is 4.12. The van der Waals surface area contributed by atoms with E-state index >= 15 is 0 Å². The van der Waals surface area contributed by atoms with Crippen molar-refractivity contribution in [1.82, 2.24) is 0 Å². The molecule has 0 saturated heterocycles. The van der Waals surface area contributed by atoms with Crippen molar-refractivity contribution < 1.29 is 13.2 Å². The van der Waals surface area contributed by atoms with E-state index in [0.717, 1.165) is 0 Å². The fourth-order valence-electron chi connectivity index (χ4n) is 1.35. The van der Waals surface area contributed by atoms with Crippen LogP contribution in [0.25, 0.3) is 0 Å². The van der Waals surface area contributed by atoms with Crippen LogP contribution in [0.3, 0.4) is 0 Å². The van der Waals surface area contributed by atoms with Gasteiger partial charge >= 0.3 is 6.03 Å². The molecule has 0 aliphatic carbocycles. The lowest BCUT2D eigenvalue weighted by atomic mass is 10.3. The number of sulfonamides is 1. The number of carbonyl (C=O) groups excluding carboxylic acids is 1. The fraction of sp³-hybridized carbons (Fsp3) is 0.300. The summed E-state index contributed by atoms with van der Waals surface area (Å²) in [6.07, 6.45) is 0.402. The Morgan fingerprint density at radius 1 is 1.35 bits per heavy atom. The normalized spacial score (nSPS) is 11.2. The standard InChI is InChI=1S/C10H13ClN2O3S/c1-2-7-17(15,16)13(10(12)14)9-5-3-8(11)4-6-9/h3-6H,2,7H2,1H3,(H2,12,14). The maximum absolute atomic E-state index is 11.8. The maximum atomic E-state index is 11.8. The van der Waals surface area contributed by atoms with Gasteiger partial charge in [-0.15, -0.1) is 0 Å². The van der Waals surface area contributed by atoms with Crippen molar-refractivity contribution in [2.45, 2.75) is 13.3 Å². The molecule has 0 saturated carbocycles. The summed E-state index contributed by atoms with van der Waals surface area (Å²) >= 11 is 5.69. The molecule has 2 N–H and O–H groups in total. The van der Waals surface area contributed by atoms with Crippen LogP contribution in [-0.2, 0) is 10.0 Å². The van der Waals surface area contributed by atoms with E-state index in [1.807, 2.05) is 0 Å². The highest BCUT2D eigenvalue weighted by Gasteiger charge is 2.26. The quantitative estimate of drug-likeness (QED) is 0.913. The van der Waals surface area contributed by atoms with Crippen LogP contribution in [0.4, 0.5) is 10.5 Å². The second kappa shape index (κ2) is 5.37. The van der Waals surface area contributed by atoms with E-state index in [-0.39, 0.29) is 11.4 Å². The molecule has 0 heterocycles. The van der Waals surface area contributed by atoms with E-state index in [9.17, 15) is 13.2 Å². The van der Waals surface area contributed by atoms with Crippen LogP contribution < -0.4 is 10.0 Å². The summed E-state index contributed by atoms with van der Waals surface area (Å²) in [5.41, 5.74) is 5.29. The zero-order valence-corrected chi connectivity index (χ0v) is 10.8. The molecule has 7 heteroatoms. The predicted octanol–water partition coefficient (Wildman–Crippen LogP) is 1.96. The van der Waals surface area contributed by atoms with E-state index in [1.54, 1.807) is 6.92 Å². The van der Waals surface area contributed by atoms with E-state index in [1.165, 1.54) is 24.3 Å². The van der Waals surface area contributed by atoms with E-state index < -0.39 is 16.1 Å². The van der Waals surface area contributed by atoms with E-state index in [0.29, 0.717) is 15.7 Å². The number of primary amides is 1. The molecule has 0 atom stereocenters. The number of urea groups is 1. The number of nitrogens with zero attached hydrogens (tertiary/aromatic N) is 1. The molecule has 1 aromatic carbocycles. The van der Waals surface area contributed by atoms with Gasteiger partial charge in [-0.3, -0.25) is 0 Å². The molecule has 0 fully saturated rings. The van der Waals surface area contributed by atoms with Gasteiger partial charge in [0.05, 0.1) is 11.4 Å². The van der Waals surface area contributed by atoms with Gasteiger partial charge in [0.1, 0.15) is 0 Å². The van der Waals surface area contributed by atoms with Gasteiger partial charge in [0.25, 0.3) is 0 Å². The summed E-state index contributed by atoms with van der Waals surface area (Å²) in [4.78, 5) is 11.2. The van der Waals surface area contributed by atoms with Crippen molar-refractivity contribution in [3.63, 3.8) is 0 Å². The number of benzene rings is 1. The van der Waals surface area contributed by atoms with Gasteiger partial charge in [-0.2, -0.15) is 4.31 Å². The molecule has 1 rings (SSSR count). The smallest absolute Gasteiger partial charge is 0.333 e. The highest BCUT2D eigenvalue weighted by molar-refractivity contribution is 7.93. The Labute approximate surface area is 105 Å². The Morgan fingerprint density at radius 2 is 1.88 bits per heavy atom. The van der Waals surface area contributed by atoms with Crippen LogP contribution in [-0.4, -0.2) is 20.2 Å². The highest BCUT2D eigenvalue weighted by Crippen LogP contribution is 2.21. The third-order valence-electron chi connectivity index (χ3n) is 2.00. The van der Waals surface area contributed by atoms with Gasteiger partial charge in [0.15, 0.2) is 0 Å². The molecule has 94 valence electrons. The average molecular weight is 277 g/mol. The molecule has 0 spiro atoms. The van der Waals surface area contributed by atoms with Crippen LogP contribution in [0.1, 0.15) is 13.3 Å². The van der Waals surface area contributed by atoms with Crippen molar-refractivity contribution in [3.8, 4) is 0 Å². The minimum atomic E-state index is -3.72. The topological polar surface area (TPSA) is 80.5 Å². The number of amides is 2. The number of hydrogen-bond donors (Lipinski definition) is 1. The number of rotatable bonds is 4. The number of nitrogens with two attached hydrogens (primary N) is 1. The number of halogens is 1. The Balaban J connectivity index is 3.19. The number of hydrogen-bond acceptors (Lipinski definition) is 3. The van der Waals surface area contributed by atoms with Gasteiger partial charge in [-0.05, 0) is 30.7 Å². The first kappa shape index (κ1) is 13.8. The summed E-state index contributed by atoms with van der Waals surface area (Å²) in [5.74, 6) is -0.140. The lowest BCUT2D eigenvalue weighted by Crippen LogP contribution is -2.42. The summed E-state index contributed by atoms with van der Waals surface area (Å²) in [6.45, 7) is 1.71. The van der Waals surface area contributed by atoms with Crippen LogP contribution >= 0.6 is 11.6 Å². The maximum Gasteiger partial charge on any atom is 0.333 e. The Hall–Kier alpha value is -1.27. The molecule has 2 amide bonds. The van der Waals surface area contributed by atoms with E-state index in [2.05, 4.69) is 0 Å². The third kappa shape index (κ3) is 3.34. The molecule has 17 heavy (non-hydrogen) atoms. The van der Waals surface area contributed by atoms with Crippen molar-refractivity contribution >= 4 is 33.3 Å². The summed E-state index contributed by atoms with van der Waals surface area (Å²) in [6, 6.07) is 4.82. The van der Waals surface area contributed by atoms with Crippen LogP contribution in [0.15, 0.2) is 24.3 Å². The van der Waals surface area contributed by atoms with Gasteiger partial charge in [-0.25, -0.2) is 13.2 Å². The number of carbonyl (C=O) groups is 1. The SMILES string of the molecule is CCCS(=O)(=O)N(C(N)=O)c1ccc(Cl)cc1. The Morgan fingerprint density at radius 3 is 2.29 bits per heavy atom. The molecule has 1 aromatic rings. The predicted molar refractivity (Wildman–Crippen MR) is 67.6 cm³/mol. The Kier molecular flexibility index (Phi) is 4.36. The monoisotopic (exact) mass is 276 g/mol. The van der Waals surface area contributed by atoms with Crippen molar-refractivity contribution in [2.24, 2.45) is 5.73 Å². The molecule has 0 radical (unpaired) electrons. The van der Waals surface area contributed by atoms with Crippen molar-refractivity contribution in [1.29, 1.82) is 0 Å². The van der Waals surface area contributed by atoms with Crippen molar-refractivity contribution in [2.75, 3.05) is 10.1 Å². The molecular formula is C10H13ClN2O3S. The largest absolute Gasteiger partial charge is 0.350 e. The molecule has 5 nitrogen and oxygen atoms in total. The summed E-state index contributed by atoms with van der Waals surface area (Å²) in [5, 5.41) is 0.450. The molecule has 0 aliphatic rings. The first-order valence-corrected chi connectivity index (χ1v) is 6.95. The highest BCUT2D eigenvalue weighted by atomic mass is 35.5. The lowest BCUT2D eigenvalue weighted by molar-refractivity contribution is 0.257. The summed E-state index contributed by atoms with van der Waals surface area (Å²) in [7, 11) is -3.72. The average Bonchev–Trinajstić information content (AvgIpc) is 2.20. The molecule has 0 unspecified atom stereocenters. The first-order chi connectivity index (χ1) is 7.88. The van der Waals surface area contributed by atoms with Crippen LogP contribution in [0, 0.1) is 0 Å². The zero-order valence-electron chi connectivity index (χ0n) is 9.26. The molecular weight excluding hydrogens is 264 g/mol. The second-order valence-electron chi connectivity index (χ2n) is 3.40. The zero-order chi connectivity index (χ0) is 13.1. The van der Waals surface area contributed by atoms with Gasteiger partial charge in [-0.1, -0.05) is 18.5 Å². The van der Waals surface area contributed by atoms with Crippen LogP contribution in [0.2, 0.25) is 5.02 Å². The van der Waals surface area contributed by atoms with Gasteiger partial charge in [0, 0.05) is 5.02 Å². The van der Waals surface area contributed by atoms with E-state index in [4.69, 9.17) is 17.3 Å². The molecule has 0 aliphatic heterocycles. The summed E-state index contributed by atoms with van der Waals surface area (Å²) < 4.78 is 24.3. The van der Waals surface area contributed by atoms with Crippen LogP contribution in [0.5, 0.6) is 0 Å². The lowest BCUT2D eigenvalue weighted by Gasteiger charge is -2.19. The second-order valence-corrected chi connectivity index (χ2v) is 5.77. The fourth-order valence-corrected chi connectivity index (χ4v) is 2.89. The number of anilines is 1. The minimum absolute atomic E-state index is 0.140. The van der Waals surface area contributed by atoms with Gasteiger partial charge < -0.3 is 5.73 Å². The van der Waals surface area contributed by atoms with Crippen molar-refractivity contribution in [3.05, 3.63) is 29.3 Å². The minimum Gasteiger partial charge on any atom is -0.350 e. The Bertz CT molecular complexity index is 499. The molecule has 0 bridgehead atoms. The molecule has 0 aromatic heterocycles. The van der Waals surface area contributed by atoms with Gasteiger partial charge in [0.2, 0.25) is 10.0 Å².